The largest absolute Gasteiger partial charge is 0.254 e. The molecule has 0 aliphatic carbocycles. The molecule has 0 fully saturated rings. The summed E-state index contributed by atoms with van der Waals surface area (Å²) in [6.45, 7) is 5.11. The summed E-state index contributed by atoms with van der Waals surface area (Å²) >= 11 is 0. The van der Waals surface area contributed by atoms with Crippen molar-refractivity contribution in [2.75, 3.05) is 6.26 Å². The number of hydrogen-bond donors (Lipinski definition) is 0. The van der Waals surface area contributed by atoms with Crippen molar-refractivity contribution in [3.8, 4) is 47.4 Å². The van der Waals surface area contributed by atoms with Crippen LogP contribution in [0.2, 0.25) is 0 Å². The first-order valence-corrected chi connectivity index (χ1v) is 5.86. The van der Waals surface area contributed by atoms with Crippen LogP contribution in [0.25, 0.3) is 0 Å². The summed E-state index contributed by atoms with van der Waals surface area (Å²) in [4.78, 5) is 0.440. The van der Waals surface area contributed by atoms with Crippen LogP contribution in [0.15, 0.2) is 23.6 Å². The van der Waals surface area contributed by atoms with Crippen LogP contribution in [0.1, 0.15) is 6.92 Å². The molecule has 0 spiro atoms. The second-order valence-corrected chi connectivity index (χ2v) is 3.68. The third-order valence-corrected chi connectivity index (χ3v) is 2.03. The zero-order valence-corrected chi connectivity index (χ0v) is 9.99. The molecule has 1 nitrogen and oxygen atoms in total. The Hall–Kier alpha value is -2.13. The molecule has 0 aliphatic rings. The monoisotopic (exact) mass is 226 g/mol. The molecule has 0 aromatic heterocycles. The van der Waals surface area contributed by atoms with Gasteiger partial charge in [0.2, 0.25) is 0 Å². The molecular weight excluding hydrogens is 216 g/mol. The molecule has 0 aromatic carbocycles. The van der Waals surface area contributed by atoms with Crippen LogP contribution in [0.3, 0.4) is 0 Å². The molecule has 0 aliphatic heterocycles. The minimum absolute atomic E-state index is 0.440. The number of allylic oxidation sites excluding steroid dienone is 3. The first kappa shape index (κ1) is 13.9. The van der Waals surface area contributed by atoms with Crippen LogP contribution in [-0.2, 0) is 10.8 Å². The van der Waals surface area contributed by atoms with Gasteiger partial charge in [0.05, 0.1) is 15.7 Å². The van der Waals surface area contributed by atoms with E-state index in [1.165, 1.54) is 18.4 Å². The highest BCUT2D eigenvalue weighted by atomic mass is 32.2. The minimum Gasteiger partial charge on any atom is -0.254 e. The zero-order valence-electron chi connectivity index (χ0n) is 9.18. The second-order valence-electron chi connectivity index (χ2n) is 2.33. The molecule has 0 aromatic rings. The lowest BCUT2D eigenvalue weighted by atomic mass is 10.4. The van der Waals surface area contributed by atoms with Crippen molar-refractivity contribution in [2.45, 2.75) is 6.92 Å². The molecule has 0 amide bonds. The predicted molar refractivity (Wildman–Crippen MR) is 69.1 cm³/mol. The maximum Gasteiger partial charge on any atom is 0.0977 e. The summed E-state index contributed by atoms with van der Waals surface area (Å²) in [5, 5.41) is 0. The highest BCUT2D eigenvalue weighted by Crippen LogP contribution is 1.95. The van der Waals surface area contributed by atoms with Gasteiger partial charge in [0.15, 0.2) is 0 Å². The lowest BCUT2D eigenvalue weighted by Gasteiger charge is -1.87. The van der Waals surface area contributed by atoms with Crippen molar-refractivity contribution in [1.29, 1.82) is 0 Å². The van der Waals surface area contributed by atoms with E-state index in [0.717, 1.165) is 0 Å². The van der Waals surface area contributed by atoms with E-state index >= 15 is 0 Å². The minimum atomic E-state index is -1.17. The molecule has 0 saturated carbocycles. The van der Waals surface area contributed by atoms with Crippen molar-refractivity contribution in [3.05, 3.63) is 23.6 Å². The summed E-state index contributed by atoms with van der Waals surface area (Å²) < 4.78 is 11.2. The molecule has 0 unspecified atom stereocenters. The van der Waals surface area contributed by atoms with Crippen molar-refractivity contribution in [1.82, 2.24) is 0 Å². The lowest BCUT2D eigenvalue weighted by molar-refractivity contribution is 0.691. The Kier molecular flexibility index (Phi) is 8.17. The highest BCUT2D eigenvalue weighted by Gasteiger charge is 1.94. The second kappa shape index (κ2) is 9.43. The molecule has 0 saturated heterocycles. The molecule has 0 rings (SSSR count). The molecule has 0 radical (unpaired) electrons. The summed E-state index contributed by atoms with van der Waals surface area (Å²) in [5.41, 5.74) is 0. The summed E-state index contributed by atoms with van der Waals surface area (Å²) in [6.07, 6.45) is 4.48. The molecule has 78 valence electrons. The van der Waals surface area contributed by atoms with Gasteiger partial charge in [-0.05, 0) is 42.6 Å². The average molecular weight is 226 g/mol. The first-order valence-electron chi connectivity index (χ1n) is 4.30. The summed E-state index contributed by atoms with van der Waals surface area (Å²) in [5.74, 6) is 20.8. The molecule has 2 heteroatoms. The Bertz CT molecular complexity index is 549. The van der Waals surface area contributed by atoms with E-state index in [-0.39, 0.29) is 0 Å². The summed E-state index contributed by atoms with van der Waals surface area (Å²) in [6, 6.07) is 0. The van der Waals surface area contributed by atoms with E-state index in [2.05, 4.69) is 53.9 Å². The molecular formula is C14H10OS. The molecule has 0 bridgehead atoms. The van der Waals surface area contributed by atoms with Crippen molar-refractivity contribution in [2.24, 2.45) is 0 Å². The Morgan fingerprint density at radius 2 is 1.88 bits per heavy atom. The summed E-state index contributed by atoms with van der Waals surface area (Å²) in [7, 11) is -1.17. The van der Waals surface area contributed by atoms with E-state index in [1.54, 1.807) is 6.92 Å². The average Bonchev–Trinajstić information content (AvgIpc) is 2.26. The predicted octanol–water partition coefficient (Wildman–Crippen LogP) is 1.47. The van der Waals surface area contributed by atoms with Gasteiger partial charge in [-0.2, -0.15) is 0 Å². The number of hydrogen-bond acceptors (Lipinski definition) is 1. The van der Waals surface area contributed by atoms with E-state index < -0.39 is 10.8 Å². The van der Waals surface area contributed by atoms with E-state index in [4.69, 9.17) is 0 Å². The normalized spacial score (nSPS) is 9.75. The van der Waals surface area contributed by atoms with Crippen LogP contribution < -0.4 is 0 Å². The fourth-order valence-electron chi connectivity index (χ4n) is 0.571. The standard InChI is InChI=1S/C14H10OS/c1-4-6-8-9-11-13-14(16(3)15)12-10-7-5-2/h4,13H,1H2,2-3H3/b14-13-/t16-/m1/s1. The quantitative estimate of drug-likeness (QED) is 0.619. The van der Waals surface area contributed by atoms with Crippen LogP contribution in [0, 0.1) is 47.4 Å². The van der Waals surface area contributed by atoms with Gasteiger partial charge < -0.3 is 0 Å². The van der Waals surface area contributed by atoms with E-state index in [0.29, 0.717) is 4.91 Å². The van der Waals surface area contributed by atoms with Gasteiger partial charge in [-0.15, -0.1) is 0 Å². The van der Waals surface area contributed by atoms with Gasteiger partial charge >= 0.3 is 0 Å². The first-order chi connectivity index (χ1) is 7.72. The molecule has 16 heavy (non-hydrogen) atoms. The van der Waals surface area contributed by atoms with Crippen LogP contribution in [0.5, 0.6) is 0 Å². The SMILES string of the molecule is C=CC#CC#C/C=C(/C#CC#CC)[S@@](C)=O. The lowest BCUT2D eigenvalue weighted by Crippen LogP contribution is -1.87. The number of rotatable bonds is 1. The van der Waals surface area contributed by atoms with E-state index in [1.807, 2.05) is 0 Å². The van der Waals surface area contributed by atoms with Gasteiger partial charge in [0.25, 0.3) is 0 Å². The van der Waals surface area contributed by atoms with Gasteiger partial charge in [0.1, 0.15) is 0 Å². The Morgan fingerprint density at radius 3 is 2.44 bits per heavy atom. The van der Waals surface area contributed by atoms with Crippen LogP contribution in [-0.4, -0.2) is 10.5 Å². The molecule has 0 heterocycles. The fourth-order valence-corrected chi connectivity index (χ4v) is 0.991. The highest BCUT2D eigenvalue weighted by molar-refractivity contribution is 7.88. The van der Waals surface area contributed by atoms with Gasteiger partial charge in [-0.25, -0.2) is 0 Å². The van der Waals surface area contributed by atoms with Gasteiger partial charge in [-0.1, -0.05) is 24.3 Å². The topological polar surface area (TPSA) is 17.1 Å². The Balaban J connectivity index is 4.91. The Labute approximate surface area is 99.5 Å². The molecule has 1 atom stereocenters. The van der Waals surface area contributed by atoms with Gasteiger partial charge in [-0.3, -0.25) is 4.21 Å². The van der Waals surface area contributed by atoms with Crippen LogP contribution >= 0.6 is 0 Å². The smallest absolute Gasteiger partial charge is 0.0977 e. The van der Waals surface area contributed by atoms with E-state index in [9.17, 15) is 4.21 Å². The van der Waals surface area contributed by atoms with Crippen molar-refractivity contribution in [3.63, 3.8) is 0 Å². The van der Waals surface area contributed by atoms with Gasteiger partial charge in [0, 0.05) is 12.3 Å². The third kappa shape index (κ3) is 7.29. The molecule has 0 N–H and O–H groups in total. The van der Waals surface area contributed by atoms with Crippen molar-refractivity contribution < 1.29 is 4.21 Å². The third-order valence-electron chi connectivity index (χ3n) is 1.20. The maximum absolute atomic E-state index is 11.2. The zero-order chi connectivity index (χ0) is 12.2. The van der Waals surface area contributed by atoms with Crippen LogP contribution in [0.4, 0.5) is 0 Å². The Morgan fingerprint density at radius 1 is 1.19 bits per heavy atom. The maximum atomic E-state index is 11.2. The van der Waals surface area contributed by atoms with Crippen molar-refractivity contribution >= 4 is 10.8 Å². The fraction of sp³-hybridized carbons (Fsp3) is 0.143.